The van der Waals surface area contributed by atoms with Crippen LogP contribution in [-0.2, 0) is 0 Å². The average molecular weight is 665 g/mol. The Balaban J connectivity index is 1.12. The normalized spacial score (nSPS) is 29.9. The van der Waals surface area contributed by atoms with Crippen LogP contribution in [0.4, 0.5) is 11.4 Å². The largest absolute Gasteiger partial charge is 0.372 e. The smallest absolute Gasteiger partial charge is 0.253 e. The fraction of sp³-hybridized carbons (Fsp3) is 0.381. The molecule has 0 aliphatic carbocycles. The molecule has 2 aromatic heterocycles. The lowest BCUT2D eigenvalue weighted by atomic mass is 9.72. The molecule has 6 aliphatic heterocycles. The maximum absolute atomic E-state index is 13.7. The van der Waals surface area contributed by atoms with E-state index in [2.05, 4.69) is 80.0 Å². The van der Waals surface area contributed by atoms with Gasteiger partial charge in [-0.05, 0) is 97.8 Å². The highest BCUT2D eigenvalue weighted by molar-refractivity contribution is 5.85. The van der Waals surface area contributed by atoms with E-state index in [-0.39, 0.29) is 24.2 Å². The van der Waals surface area contributed by atoms with Gasteiger partial charge in [0.1, 0.15) is 11.4 Å². The second-order valence-electron chi connectivity index (χ2n) is 15.0. The number of benzene rings is 2. The van der Waals surface area contributed by atoms with Crippen LogP contribution in [0.5, 0.6) is 0 Å². The van der Waals surface area contributed by atoms with Crippen molar-refractivity contribution in [3.8, 4) is 0 Å². The van der Waals surface area contributed by atoms with E-state index in [0.717, 1.165) is 84.8 Å². The van der Waals surface area contributed by atoms with Gasteiger partial charge in [0.2, 0.25) is 0 Å². The molecule has 6 aliphatic rings. The molecule has 6 fully saturated rings. The van der Waals surface area contributed by atoms with Gasteiger partial charge in [-0.15, -0.1) is 13.2 Å². The van der Waals surface area contributed by atoms with E-state index in [1.54, 1.807) is 0 Å². The van der Waals surface area contributed by atoms with Crippen LogP contribution in [0.3, 0.4) is 0 Å². The SMILES string of the molecule is C=C[C@H]1CN2CC[C@H]1C[C@H]2[C@@H](Nc1c(N[C@@H](c2ccnc3ccccc23)[C@@H]2C[C@@H]3CCN2C[C@@H]3C=C)c(=O)c1=O)c1ccnc2ccccc12. The summed E-state index contributed by atoms with van der Waals surface area (Å²) >= 11 is 0. The lowest BCUT2D eigenvalue weighted by Crippen LogP contribution is -2.57. The third-order valence-corrected chi connectivity index (χ3v) is 12.6. The Hall–Kier alpha value is -4.66. The molecular weight excluding hydrogens is 621 g/mol. The van der Waals surface area contributed by atoms with Crippen LogP contribution in [0.15, 0.2) is 108 Å². The number of anilines is 2. The van der Waals surface area contributed by atoms with E-state index in [9.17, 15) is 9.59 Å². The first-order chi connectivity index (χ1) is 24.5. The summed E-state index contributed by atoms with van der Waals surface area (Å²) in [6, 6.07) is 20.5. The van der Waals surface area contributed by atoms with Gasteiger partial charge in [-0.3, -0.25) is 29.4 Å². The molecule has 5 aromatic rings. The van der Waals surface area contributed by atoms with Gasteiger partial charge in [0.15, 0.2) is 0 Å². The highest BCUT2D eigenvalue weighted by Gasteiger charge is 2.46. The van der Waals surface area contributed by atoms with Gasteiger partial charge < -0.3 is 10.6 Å². The van der Waals surface area contributed by atoms with Crippen molar-refractivity contribution in [3.63, 3.8) is 0 Å². The average Bonchev–Trinajstić information content (AvgIpc) is 3.19. The molecule has 254 valence electrons. The number of hydrogen-bond donors (Lipinski definition) is 2. The van der Waals surface area contributed by atoms with Gasteiger partial charge in [-0.1, -0.05) is 48.6 Å². The molecule has 50 heavy (non-hydrogen) atoms. The molecule has 0 radical (unpaired) electrons. The minimum absolute atomic E-state index is 0.156. The Morgan fingerprint density at radius 1 is 0.660 bits per heavy atom. The summed E-state index contributed by atoms with van der Waals surface area (Å²) < 4.78 is 0. The topological polar surface area (TPSA) is 90.5 Å². The van der Waals surface area contributed by atoms with Crippen LogP contribution in [0, 0.1) is 23.7 Å². The molecule has 4 bridgehead atoms. The molecule has 0 saturated carbocycles. The Bertz CT molecular complexity index is 2010. The van der Waals surface area contributed by atoms with Crippen molar-refractivity contribution in [1.29, 1.82) is 0 Å². The predicted molar refractivity (Wildman–Crippen MR) is 201 cm³/mol. The Labute approximate surface area is 292 Å². The molecule has 0 spiro atoms. The fourth-order valence-electron chi connectivity index (χ4n) is 9.97. The molecule has 2 N–H and O–H groups in total. The first-order valence-corrected chi connectivity index (χ1v) is 18.3. The number of fused-ring (bicyclic) bond motifs is 8. The van der Waals surface area contributed by atoms with Crippen LogP contribution in [0.1, 0.15) is 48.9 Å². The quantitative estimate of drug-likeness (QED) is 0.130. The van der Waals surface area contributed by atoms with Crippen LogP contribution in [0.2, 0.25) is 0 Å². The number of pyridine rings is 2. The van der Waals surface area contributed by atoms with E-state index < -0.39 is 10.9 Å². The van der Waals surface area contributed by atoms with Gasteiger partial charge in [0, 0.05) is 48.3 Å². The second-order valence-corrected chi connectivity index (χ2v) is 15.0. The number of nitrogens with zero attached hydrogens (tertiary/aromatic N) is 4. The number of para-hydroxylation sites is 2. The van der Waals surface area contributed by atoms with E-state index >= 15 is 0 Å². The highest BCUT2D eigenvalue weighted by atomic mass is 16.2. The summed E-state index contributed by atoms with van der Waals surface area (Å²) in [6.07, 6.45) is 12.3. The molecule has 8 heterocycles. The van der Waals surface area contributed by atoms with E-state index in [4.69, 9.17) is 0 Å². The lowest BCUT2D eigenvalue weighted by Gasteiger charge is -2.52. The Morgan fingerprint density at radius 2 is 1.10 bits per heavy atom. The van der Waals surface area contributed by atoms with Crippen LogP contribution in [0.25, 0.3) is 21.8 Å². The Morgan fingerprint density at radius 3 is 1.50 bits per heavy atom. The first kappa shape index (κ1) is 31.3. The zero-order valence-corrected chi connectivity index (χ0v) is 28.4. The van der Waals surface area contributed by atoms with Gasteiger partial charge in [0.05, 0.1) is 23.1 Å². The minimum atomic E-state index is -0.452. The van der Waals surface area contributed by atoms with Crippen molar-refractivity contribution in [2.24, 2.45) is 23.7 Å². The molecule has 10 atom stereocenters. The van der Waals surface area contributed by atoms with Gasteiger partial charge >= 0.3 is 0 Å². The summed E-state index contributed by atoms with van der Waals surface area (Å²) in [5, 5.41) is 9.60. The number of piperidine rings is 6. The van der Waals surface area contributed by atoms with Crippen molar-refractivity contribution in [1.82, 2.24) is 19.8 Å². The minimum Gasteiger partial charge on any atom is -0.372 e. The van der Waals surface area contributed by atoms with E-state index in [0.29, 0.717) is 35.0 Å². The summed E-state index contributed by atoms with van der Waals surface area (Å²) in [5.41, 5.74) is 3.93. The summed E-state index contributed by atoms with van der Waals surface area (Å²) in [6.45, 7) is 12.2. The van der Waals surface area contributed by atoms with Crippen LogP contribution in [-0.4, -0.2) is 58.0 Å². The number of nitrogens with one attached hydrogen (secondary N) is 2. The third-order valence-electron chi connectivity index (χ3n) is 12.6. The number of aromatic nitrogens is 2. The van der Waals surface area contributed by atoms with Crippen molar-refractivity contribution < 1.29 is 0 Å². The van der Waals surface area contributed by atoms with Crippen LogP contribution < -0.4 is 21.5 Å². The van der Waals surface area contributed by atoms with Crippen molar-refractivity contribution >= 4 is 33.2 Å². The maximum atomic E-state index is 13.7. The summed E-state index contributed by atoms with van der Waals surface area (Å²) in [7, 11) is 0. The number of rotatable bonds is 10. The summed E-state index contributed by atoms with van der Waals surface area (Å²) in [4.78, 5) is 41.8. The standard InChI is InChI=1S/C42H44N6O2/c1-3-25-23-47-19-15-27(25)21-35(47)37(31-13-17-43-33-11-7-5-9-29(31)33)45-39-40(42(50)41(39)49)46-38(32-14-18-44-34-12-8-6-10-30(32)34)36-22-28-16-20-48(36)24-26(28)4-2/h3-14,17-18,25-28,35-38,45-46H,1-2,15-16,19-24H2/t25-,26-,27-,28-,35-,36-,37-,38-/m0/s1. The van der Waals surface area contributed by atoms with E-state index in [1.165, 1.54) is 0 Å². The highest BCUT2D eigenvalue weighted by Crippen LogP contribution is 2.46. The molecule has 3 aromatic carbocycles. The molecule has 2 unspecified atom stereocenters. The zero-order chi connectivity index (χ0) is 33.9. The van der Waals surface area contributed by atoms with Gasteiger partial charge in [-0.25, -0.2) is 0 Å². The maximum Gasteiger partial charge on any atom is 0.253 e. The second kappa shape index (κ2) is 12.6. The first-order valence-electron chi connectivity index (χ1n) is 18.3. The molecule has 6 saturated heterocycles. The summed E-state index contributed by atoms with van der Waals surface area (Å²) in [5.74, 6) is 2.03. The fourth-order valence-corrected chi connectivity index (χ4v) is 9.97. The Kier molecular flexibility index (Phi) is 7.89. The predicted octanol–water partition coefficient (Wildman–Crippen LogP) is 6.48. The molecule has 11 rings (SSSR count). The molecule has 8 heteroatoms. The lowest BCUT2D eigenvalue weighted by molar-refractivity contribution is 0.0102. The monoisotopic (exact) mass is 664 g/mol. The third kappa shape index (κ3) is 5.11. The van der Waals surface area contributed by atoms with Crippen LogP contribution >= 0.6 is 0 Å². The number of hydrogen-bond acceptors (Lipinski definition) is 8. The molecule has 8 nitrogen and oxygen atoms in total. The van der Waals surface area contributed by atoms with E-state index in [1.807, 2.05) is 48.8 Å². The van der Waals surface area contributed by atoms with Gasteiger partial charge in [-0.2, -0.15) is 0 Å². The van der Waals surface area contributed by atoms with Gasteiger partial charge in [0.25, 0.3) is 10.9 Å². The molecule has 0 amide bonds. The van der Waals surface area contributed by atoms with Crippen molar-refractivity contribution in [2.75, 3.05) is 36.8 Å². The molecular formula is C42H44N6O2. The van der Waals surface area contributed by atoms with Crippen molar-refractivity contribution in [3.05, 3.63) is 130 Å². The van der Waals surface area contributed by atoms with Crippen molar-refractivity contribution in [2.45, 2.75) is 49.9 Å². The zero-order valence-electron chi connectivity index (χ0n) is 28.4.